The van der Waals surface area contributed by atoms with Gasteiger partial charge in [-0.1, -0.05) is 0 Å². The minimum absolute atomic E-state index is 0. The highest BCUT2D eigenvalue weighted by Gasteiger charge is 2.34. The number of rotatable bonds is 2. The van der Waals surface area contributed by atoms with Crippen LogP contribution in [0.2, 0.25) is 0 Å². The van der Waals surface area contributed by atoms with Crippen LogP contribution in [0, 0.1) is 0 Å². The van der Waals surface area contributed by atoms with E-state index in [0.717, 1.165) is 17.3 Å². The van der Waals surface area contributed by atoms with Crippen LogP contribution in [0.25, 0.3) is 0 Å². The first kappa shape index (κ1) is 12.7. The van der Waals surface area contributed by atoms with Gasteiger partial charge in [0.05, 0.1) is 27.2 Å². The van der Waals surface area contributed by atoms with Crippen LogP contribution in [0.3, 0.4) is 0 Å². The third-order valence-electron chi connectivity index (χ3n) is 2.40. The van der Waals surface area contributed by atoms with E-state index in [0.29, 0.717) is 6.17 Å². The lowest BCUT2D eigenvalue weighted by Gasteiger charge is -2.31. The highest BCUT2D eigenvalue weighted by Crippen LogP contribution is 2.17. The molecule has 1 amide bonds. The highest BCUT2D eigenvalue weighted by molar-refractivity contribution is 5.85. The minimum Gasteiger partial charge on any atom is -0.368 e. The molecule has 1 aliphatic rings. The summed E-state index contributed by atoms with van der Waals surface area (Å²) in [6.07, 6.45) is 2.26. The standard InChI is InChI=1S/C8H17N3O.ClH/c1-11(2,3)7-5-4-6(10-7)8(9)12;/h6-7,10H,4-5H2,1-3H3,(H-,9,12);1H/p+1/t6-,7?;/m0./s1. The molecule has 1 aliphatic heterocycles. The average molecular weight is 209 g/mol. The van der Waals surface area contributed by atoms with Crippen LogP contribution in [0.5, 0.6) is 0 Å². The lowest BCUT2D eigenvalue weighted by molar-refractivity contribution is -0.898. The predicted octanol–water partition coefficient (Wildman–Crippen LogP) is -0.322. The van der Waals surface area contributed by atoms with E-state index in [9.17, 15) is 4.79 Å². The molecule has 4 nitrogen and oxygen atoms in total. The maximum atomic E-state index is 10.8. The monoisotopic (exact) mass is 208 g/mol. The second-order valence-corrected chi connectivity index (χ2v) is 4.33. The first-order chi connectivity index (χ1) is 5.41. The number of primary amides is 1. The maximum Gasteiger partial charge on any atom is 0.234 e. The van der Waals surface area contributed by atoms with E-state index in [1.807, 2.05) is 0 Å². The van der Waals surface area contributed by atoms with Crippen molar-refractivity contribution in [3.8, 4) is 0 Å². The molecule has 0 radical (unpaired) electrons. The van der Waals surface area contributed by atoms with Crippen LogP contribution in [-0.4, -0.2) is 43.7 Å². The van der Waals surface area contributed by atoms with Gasteiger partial charge in [0, 0.05) is 6.42 Å². The Morgan fingerprint density at radius 1 is 1.38 bits per heavy atom. The zero-order valence-electron chi connectivity index (χ0n) is 8.41. The van der Waals surface area contributed by atoms with Crippen molar-refractivity contribution in [1.82, 2.24) is 5.32 Å². The third-order valence-corrected chi connectivity index (χ3v) is 2.40. The van der Waals surface area contributed by atoms with Gasteiger partial charge in [-0.15, -0.1) is 12.4 Å². The van der Waals surface area contributed by atoms with Gasteiger partial charge in [0.25, 0.3) is 0 Å². The zero-order chi connectivity index (χ0) is 9.35. The molecule has 3 N–H and O–H groups in total. The third kappa shape index (κ3) is 3.14. The first-order valence-corrected chi connectivity index (χ1v) is 4.28. The molecule has 0 aromatic carbocycles. The summed E-state index contributed by atoms with van der Waals surface area (Å²) >= 11 is 0. The lowest BCUT2D eigenvalue weighted by atomic mass is 10.2. The maximum absolute atomic E-state index is 10.8. The first-order valence-electron chi connectivity index (χ1n) is 4.28. The van der Waals surface area contributed by atoms with E-state index in [1.54, 1.807) is 0 Å². The number of carbonyl (C=O) groups excluding carboxylic acids is 1. The smallest absolute Gasteiger partial charge is 0.234 e. The summed E-state index contributed by atoms with van der Waals surface area (Å²) in [5.74, 6) is -0.231. The van der Waals surface area contributed by atoms with E-state index < -0.39 is 0 Å². The fourth-order valence-electron chi connectivity index (χ4n) is 1.56. The summed E-state index contributed by atoms with van der Waals surface area (Å²) in [6, 6.07) is -0.118. The van der Waals surface area contributed by atoms with Gasteiger partial charge < -0.3 is 10.2 Å². The van der Waals surface area contributed by atoms with Crippen LogP contribution < -0.4 is 11.1 Å². The predicted molar refractivity (Wildman–Crippen MR) is 54.4 cm³/mol. The van der Waals surface area contributed by atoms with Gasteiger partial charge in [0.2, 0.25) is 5.91 Å². The van der Waals surface area contributed by atoms with E-state index in [2.05, 4.69) is 26.5 Å². The molecule has 13 heavy (non-hydrogen) atoms. The highest BCUT2D eigenvalue weighted by atomic mass is 35.5. The van der Waals surface area contributed by atoms with Crippen LogP contribution in [0.4, 0.5) is 0 Å². The zero-order valence-corrected chi connectivity index (χ0v) is 9.23. The molecule has 1 unspecified atom stereocenters. The van der Waals surface area contributed by atoms with Crippen molar-refractivity contribution in [2.75, 3.05) is 21.1 Å². The van der Waals surface area contributed by atoms with E-state index >= 15 is 0 Å². The summed E-state index contributed by atoms with van der Waals surface area (Å²) in [6.45, 7) is 0. The number of carbonyl (C=O) groups is 1. The molecule has 78 valence electrons. The van der Waals surface area contributed by atoms with Crippen LogP contribution in [0.1, 0.15) is 12.8 Å². The van der Waals surface area contributed by atoms with Gasteiger partial charge in [-0.2, -0.15) is 0 Å². The molecule has 0 aromatic rings. The SMILES string of the molecule is C[N+](C)(C)C1CC[C@@H](C(N)=O)N1.Cl. The van der Waals surface area contributed by atoms with E-state index in [-0.39, 0.29) is 24.4 Å². The van der Waals surface area contributed by atoms with Crippen molar-refractivity contribution in [2.45, 2.75) is 25.0 Å². The Balaban J connectivity index is 0.00000144. The molecule has 1 heterocycles. The second-order valence-electron chi connectivity index (χ2n) is 4.33. The van der Waals surface area contributed by atoms with Crippen molar-refractivity contribution in [3.63, 3.8) is 0 Å². The molecule has 0 bridgehead atoms. The number of hydrogen-bond acceptors (Lipinski definition) is 2. The molecule has 1 fully saturated rings. The summed E-state index contributed by atoms with van der Waals surface area (Å²) < 4.78 is 0.837. The number of quaternary nitrogens is 1. The normalized spacial score (nSPS) is 28.2. The Kier molecular flexibility index (Phi) is 4.16. The van der Waals surface area contributed by atoms with Gasteiger partial charge in [0.1, 0.15) is 6.17 Å². The largest absolute Gasteiger partial charge is 0.368 e. The summed E-state index contributed by atoms with van der Waals surface area (Å²) in [4.78, 5) is 10.8. The number of halogens is 1. The minimum atomic E-state index is -0.231. The Bertz CT molecular complexity index is 190. The van der Waals surface area contributed by atoms with Crippen molar-refractivity contribution >= 4 is 18.3 Å². The molecule has 0 spiro atoms. The van der Waals surface area contributed by atoms with E-state index in [4.69, 9.17) is 5.73 Å². The number of nitrogens with two attached hydrogens (primary N) is 1. The van der Waals surface area contributed by atoms with Gasteiger partial charge in [-0.3, -0.25) is 10.1 Å². The van der Waals surface area contributed by atoms with Gasteiger partial charge in [-0.25, -0.2) is 0 Å². The number of nitrogens with one attached hydrogen (secondary N) is 1. The van der Waals surface area contributed by atoms with Crippen LogP contribution in [-0.2, 0) is 4.79 Å². The molecule has 1 rings (SSSR count). The molecular weight excluding hydrogens is 190 g/mol. The number of hydrogen-bond donors (Lipinski definition) is 2. The number of nitrogens with zero attached hydrogens (tertiary/aromatic N) is 1. The van der Waals surface area contributed by atoms with Crippen LogP contribution in [0.15, 0.2) is 0 Å². The van der Waals surface area contributed by atoms with Gasteiger partial charge in [-0.05, 0) is 6.42 Å². The Morgan fingerprint density at radius 3 is 2.15 bits per heavy atom. The topological polar surface area (TPSA) is 55.1 Å². The summed E-state index contributed by atoms with van der Waals surface area (Å²) in [7, 11) is 6.34. The summed E-state index contributed by atoms with van der Waals surface area (Å²) in [5.41, 5.74) is 5.19. The van der Waals surface area contributed by atoms with Crippen LogP contribution >= 0.6 is 12.4 Å². The van der Waals surface area contributed by atoms with Crippen molar-refractivity contribution in [2.24, 2.45) is 5.73 Å². The Morgan fingerprint density at radius 2 is 1.92 bits per heavy atom. The summed E-state index contributed by atoms with van der Waals surface area (Å²) in [5, 5.41) is 3.23. The van der Waals surface area contributed by atoms with Gasteiger partial charge >= 0.3 is 0 Å². The molecular formula is C8H19ClN3O+. The average Bonchev–Trinajstić information content (AvgIpc) is 2.30. The lowest BCUT2D eigenvalue weighted by Crippen LogP contribution is -2.53. The molecule has 0 saturated carbocycles. The fourth-order valence-corrected chi connectivity index (χ4v) is 1.56. The molecule has 5 heteroatoms. The Labute approximate surface area is 85.5 Å². The van der Waals surface area contributed by atoms with E-state index in [1.165, 1.54) is 0 Å². The van der Waals surface area contributed by atoms with Crippen molar-refractivity contribution in [3.05, 3.63) is 0 Å². The number of amides is 1. The molecule has 0 aromatic heterocycles. The van der Waals surface area contributed by atoms with Gasteiger partial charge in [0.15, 0.2) is 0 Å². The van der Waals surface area contributed by atoms with Crippen molar-refractivity contribution < 1.29 is 9.28 Å². The second kappa shape index (κ2) is 4.26. The molecule has 0 aliphatic carbocycles. The fraction of sp³-hybridized carbons (Fsp3) is 0.875. The molecule has 2 atom stereocenters. The van der Waals surface area contributed by atoms with Crippen molar-refractivity contribution in [1.29, 1.82) is 0 Å². The Hall–Kier alpha value is -0.320. The quantitative estimate of drug-likeness (QED) is 0.612. The molecule has 1 saturated heterocycles.